The van der Waals surface area contributed by atoms with Crippen molar-refractivity contribution in [2.24, 2.45) is 5.41 Å². The molecule has 8 heteroatoms. The van der Waals surface area contributed by atoms with Gasteiger partial charge in [0.15, 0.2) is 6.17 Å². The van der Waals surface area contributed by atoms with E-state index in [9.17, 15) is 19.1 Å². The van der Waals surface area contributed by atoms with Gasteiger partial charge in [-0.3, -0.25) is 9.59 Å². The third-order valence-corrected chi connectivity index (χ3v) is 7.28. The van der Waals surface area contributed by atoms with E-state index >= 15 is 0 Å². The number of likely N-dealkylation sites (tertiary alicyclic amines) is 1. The number of carbonyl (C=O) groups is 2. The van der Waals surface area contributed by atoms with E-state index in [2.05, 4.69) is 10.3 Å². The Labute approximate surface area is 191 Å². The molecule has 2 aliphatic rings. The lowest BCUT2D eigenvalue weighted by molar-refractivity contribution is -0.137. The van der Waals surface area contributed by atoms with Crippen LogP contribution in [0.5, 0.6) is 0 Å². The number of benzene rings is 1. The van der Waals surface area contributed by atoms with Crippen molar-refractivity contribution in [3.05, 3.63) is 41.0 Å². The van der Waals surface area contributed by atoms with Gasteiger partial charge in [-0.25, -0.2) is 9.37 Å². The Hall–Kier alpha value is -2.32. The zero-order chi connectivity index (χ0) is 23.3. The highest BCUT2D eigenvalue weighted by Gasteiger charge is 2.54. The molecule has 1 saturated heterocycles. The summed E-state index contributed by atoms with van der Waals surface area (Å²) in [4.78, 5) is 32.7. The van der Waals surface area contributed by atoms with Crippen LogP contribution in [0, 0.1) is 12.3 Å². The van der Waals surface area contributed by atoms with Gasteiger partial charge in [0.25, 0.3) is 0 Å². The van der Waals surface area contributed by atoms with Gasteiger partial charge in [0, 0.05) is 6.42 Å². The molecule has 32 heavy (non-hydrogen) atoms. The molecule has 2 amide bonds. The Morgan fingerprint density at radius 3 is 2.47 bits per heavy atom. The standard InChI is InChI=1S/C24H30FN3O3S/c1-14-20(32-13-26-14)15-5-7-16(8-6-15)24(9-10-24)22(31)27-21-19(25)17(29)12-28(21)18(30)11-23(2,3)4/h5-8,13,17,19,21,29H,9-12H2,1-4H3,(H,27,31)/t17-,19-,21+/m0/s1. The van der Waals surface area contributed by atoms with E-state index in [0.717, 1.165) is 21.7 Å². The monoisotopic (exact) mass is 459 g/mol. The molecule has 1 saturated carbocycles. The molecule has 0 unspecified atom stereocenters. The summed E-state index contributed by atoms with van der Waals surface area (Å²) < 4.78 is 14.8. The Morgan fingerprint density at radius 2 is 1.94 bits per heavy atom. The van der Waals surface area contributed by atoms with Crippen molar-refractivity contribution < 1.29 is 19.1 Å². The maximum atomic E-state index is 14.8. The summed E-state index contributed by atoms with van der Waals surface area (Å²) in [6.45, 7) is 7.63. The van der Waals surface area contributed by atoms with Gasteiger partial charge in [0.2, 0.25) is 11.8 Å². The predicted octanol–water partition coefficient (Wildman–Crippen LogP) is 3.57. The number of nitrogens with one attached hydrogen (secondary N) is 1. The number of hydrogen-bond donors (Lipinski definition) is 2. The molecule has 4 rings (SSSR count). The number of aliphatic hydroxyl groups excluding tert-OH is 1. The van der Waals surface area contributed by atoms with Crippen LogP contribution in [0.25, 0.3) is 10.4 Å². The number of halogens is 1. The lowest BCUT2D eigenvalue weighted by Crippen LogP contribution is -2.53. The highest BCUT2D eigenvalue weighted by Crippen LogP contribution is 2.49. The molecular formula is C24H30FN3O3S. The fourth-order valence-electron chi connectivity index (χ4n) is 4.33. The average molecular weight is 460 g/mol. The molecule has 1 aliphatic heterocycles. The quantitative estimate of drug-likeness (QED) is 0.716. The smallest absolute Gasteiger partial charge is 0.232 e. The van der Waals surface area contributed by atoms with Crippen molar-refractivity contribution in [1.82, 2.24) is 15.2 Å². The second kappa shape index (κ2) is 8.23. The van der Waals surface area contributed by atoms with E-state index in [1.54, 1.807) is 11.3 Å². The van der Waals surface area contributed by atoms with Crippen LogP contribution in [0.2, 0.25) is 0 Å². The normalized spacial score (nSPS) is 24.4. The van der Waals surface area contributed by atoms with E-state index in [1.807, 2.05) is 57.5 Å². The SMILES string of the molecule is Cc1ncsc1-c1ccc(C2(C(=O)N[C@H]3[C@@H](F)[C@@H](O)CN3C(=O)CC(C)(C)C)CC2)cc1. The Bertz CT molecular complexity index is 1010. The first-order valence-electron chi connectivity index (χ1n) is 11.0. The minimum absolute atomic E-state index is 0.114. The average Bonchev–Trinajstić information content (AvgIpc) is 3.36. The second-order valence-electron chi connectivity index (χ2n) is 10.1. The first-order chi connectivity index (χ1) is 15.0. The molecule has 2 heterocycles. The number of hydrogen-bond acceptors (Lipinski definition) is 5. The lowest BCUT2D eigenvalue weighted by Gasteiger charge is -2.30. The molecular weight excluding hydrogens is 429 g/mol. The van der Waals surface area contributed by atoms with Crippen LogP contribution in [-0.2, 0) is 15.0 Å². The molecule has 1 aromatic carbocycles. The van der Waals surface area contributed by atoms with Crippen LogP contribution in [0.1, 0.15) is 51.3 Å². The van der Waals surface area contributed by atoms with Gasteiger partial charge in [0.05, 0.1) is 28.0 Å². The predicted molar refractivity (Wildman–Crippen MR) is 122 cm³/mol. The second-order valence-corrected chi connectivity index (χ2v) is 11.0. The van der Waals surface area contributed by atoms with Crippen LogP contribution in [0.3, 0.4) is 0 Å². The first-order valence-corrected chi connectivity index (χ1v) is 11.8. The number of thiazole rings is 1. The van der Waals surface area contributed by atoms with Gasteiger partial charge < -0.3 is 15.3 Å². The van der Waals surface area contributed by atoms with Crippen molar-refractivity contribution in [2.45, 2.75) is 70.8 Å². The topological polar surface area (TPSA) is 82.5 Å². The van der Waals surface area contributed by atoms with Gasteiger partial charge in [-0.15, -0.1) is 11.3 Å². The number of aryl methyl sites for hydroxylation is 1. The minimum atomic E-state index is -1.71. The van der Waals surface area contributed by atoms with Crippen molar-refractivity contribution in [1.29, 1.82) is 0 Å². The zero-order valence-electron chi connectivity index (χ0n) is 18.9. The summed E-state index contributed by atoms with van der Waals surface area (Å²) in [7, 11) is 0. The number of aromatic nitrogens is 1. The lowest BCUT2D eigenvalue weighted by atomic mass is 9.91. The molecule has 2 fully saturated rings. The number of carbonyl (C=O) groups excluding carboxylic acids is 2. The molecule has 0 spiro atoms. The number of amides is 2. The molecule has 0 bridgehead atoms. The highest BCUT2D eigenvalue weighted by atomic mass is 32.1. The molecule has 1 aliphatic carbocycles. The van der Waals surface area contributed by atoms with Gasteiger partial charge in [-0.05, 0) is 36.3 Å². The molecule has 1 aromatic heterocycles. The fourth-order valence-corrected chi connectivity index (χ4v) is 5.14. The van der Waals surface area contributed by atoms with E-state index in [-0.39, 0.29) is 30.2 Å². The van der Waals surface area contributed by atoms with E-state index in [1.165, 1.54) is 4.90 Å². The Kier molecular flexibility index (Phi) is 5.88. The van der Waals surface area contributed by atoms with Crippen molar-refractivity contribution in [3.8, 4) is 10.4 Å². The molecule has 2 N–H and O–H groups in total. The summed E-state index contributed by atoms with van der Waals surface area (Å²) in [6.07, 6.45) is -2.62. The van der Waals surface area contributed by atoms with E-state index in [4.69, 9.17) is 0 Å². The number of alkyl halides is 1. The van der Waals surface area contributed by atoms with Crippen LogP contribution in [-0.4, -0.2) is 51.8 Å². The van der Waals surface area contributed by atoms with Gasteiger partial charge in [-0.1, -0.05) is 45.0 Å². The summed E-state index contributed by atoms with van der Waals surface area (Å²) in [6, 6.07) is 7.86. The summed E-state index contributed by atoms with van der Waals surface area (Å²) in [5.41, 5.74) is 3.71. The Morgan fingerprint density at radius 1 is 1.28 bits per heavy atom. The van der Waals surface area contributed by atoms with E-state index < -0.39 is 23.9 Å². The van der Waals surface area contributed by atoms with Crippen molar-refractivity contribution in [3.63, 3.8) is 0 Å². The van der Waals surface area contributed by atoms with Gasteiger partial charge in [0.1, 0.15) is 12.3 Å². The van der Waals surface area contributed by atoms with Gasteiger partial charge in [-0.2, -0.15) is 0 Å². The summed E-state index contributed by atoms with van der Waals surface area (Å²) >= 11 is 1.57. The first kappa shape index (κ1) is 22.9. The van der Waals surface area contributed by atoms with Crippen LogP contribution in [0.4, 0.5) is 4.39 Å². The number of aliphatic hydroxyl groups is 1. The third-order valence-electron chi connectivity index (χ3n) is 6.30. The van der Waals surface area contributed by atoms with Crippen LogP contribution < -0.4 is 5.32 Å². The summed E-state index contributed by atoms with van der Waals surface area (Å²) in [5.74, 6) is -0.564. The summed E-state index contributed by atoms with van der Waals surface area (Å²) in [5, 5.41) is 12.8. The molecule has 2 aromatic rings. The van der Waals surface area contributed by atoms with Crippen molar-refractivity contribution >= 4 is 23.2 Å². The third kappa shape index (κ3) is 4.30. The maximum Gasteiger partial charge on any atom is 0.232 e. The Balaban J connectivity index is 1.51. The largest absolute Gasteiger partial charge is 0.388 e. The molecule has 3 atom stereocenters. The van der Waals surface area contributed by atoms with E-state index in [0.29, 0.717) is 12.8 Å². The van der Waals surface area contributed by atoms with Crippen LogP contribution in [0.15, 0.2) is 29.8 Å². The minimum Gasteiger partial charge on any atom is -0.388 e. The van der Waals surface area contributed by atoms with Crippen molar-refractivity contribution in [2.75, 3.05) is 6.54 Å². The fraction of sp³-hybridized carbons (Fsp3) is 0.542. The zero-order valence-corrected chi connectivity index (χ0v) is 19.7. The van der Waals surface area contributed by atoms with Crippen LogP contribution >= 0.6 is 11.3 Å². The van der Waals surface area contributed by atoms with Gasteiger partial charge >= 0.3 is 0 Å². The highest BCUT2D eigenvalue weighted by molar-refractivity contribution is 7.13. The maximum absolute atomic E-state index is 14.8. The molecule has 0 radical (unpaired) electrons. The molecule has 172 valence electrons. The number of rotatable bonds is 5. The number of β-amino-alcohol motifs (C(OH)–C–C–N with tert-alkyl or cyclic N) is 1. The number of nitrogens with zero attached hydrogens (tertiary/aromatic N) is 2. The molecule has 6 nitrogen and oxygen atoms in total.